The van der Waals surface area contributed by atoms with Crippen molar-refractivity contribution in [2.75, 3.05) is 26.3 Å². The molecule has 0 spiro atoms. The van der Waals surface area contributed by atoms with Gasteiger partial charge >= 0.3 is 0 Å². The van der Waals surface area contributed by atoms with E-state index in [0.29, 0.717) is 37.8 Å². The second kappa shape index (κ2) is 7.77. The lowest BCUT2D eigenvalue weighted by Crippen LogP contribution is -2.42. The van der Waals surface area contributed by atoms with Gasteiger partial charge in [0.2, 0.25) is 5.91 Å². The Hall–Kier alpha value is -1.62. The zero-order valence-corrected chi connectivity index (χ0v) is 13.4. The Morgan fingerprint density at radius 1 is 1.30 bits per heavy atom. The minimum Gasteiger partial charge on any atom is -0.490 e. The number of halogens is 1. The van der Waals surface area contributed by atoms with E-state index >= 15 is 0 Å². The van der Waals surface area contributed by atoms with E-state index in [1.807, 2.05) is 4.90 Å². The first kappa shape index (κ1) is 16.2. The highest BCUT2D eigenvalue weighted by atomic mass is 19.1. The van der Waals surface area contributed by atoms with Crippen LogP contribution < -0.4 is 4.74 Å². The van der Waals surface area contributed by atoms with Gasteiger partial charge in [-0.15, -0.1) is 0 Å². The molecule has 23 heavy (non-hydrogen) atoms. The van der Waals surface area contributed by atoms with Crippen LogP contribution in [0.2, 0.25) is 0 Å². The van der Waals surface area contributed by atoms with E-state index in [4.69, 9.17) is 9.47 Å². The molecule has 0 N–H and O–H groups in total. The number of likely N-dealkylation sites (tertiary alicyclic amines) is 1. The van der Waals surface area contributed by atoms with Gasteiger partial charge in [0, 0.05) is 51.6 Å². The zero-order valence-electron chi connectivity index (χ0n) is 13.4. The summed E-state index contributed by atoms with van der Waals surface area (Å²) in [5.74, 6) is 0.876. The minimum absolute atomic E-state index is 0.0545. The average Bonchev–Trinajstić information content (AvgIpc) is 2.56. The van der Waals surface area contributed by atoms with Crippen molar-refractivity contribution in [3.05, 3.63) is 30.1 Å². The van der Waals surface area contributed by atoms with Crippen molar-refractivity contribution < 1.29 is 18.7 Å². The molecule has 0 bridgehead atoms. The van der Waals surface area contributed by atoms with E-state index in [-0.39, 0.29) is 17.8 Å². The molecule has 3 rings (SSSR count). The Kier molecular flexibility index (Phi) is 5.49. The van der Waals surface area contributed by atoms with Gasteiger partial charge in [-0.2, -0.15) is 0 Å². The molecule has 2 fully saturated rings. The maximum atomic E-state index is 13.2. The molecule has 1 amide bonds. The third-order valence-corrected chi connectivity index (χ3v) is 4.61. The van der Waals surface area contributed by atoms with Crippen molar-refractivity contribution >= 4 is 5.91 Å². The van der Waals surface area contributed by atoms with Gasteiger partial charge in [0.1, 0.15) is 17.7 Å². The standard InChI is InChI=1S/C18H24FNO3/c19-15-4-1-5-17(12-15)23-16-6-8-20(9-7-16)18(21)11-14-3-2-10-22-13-14/h1,4-5,12,14,16H,2-3,6-11,13H2/t14-/m1/s1. The number of nitrogens with zero attached hydrogens (tertiary/aromatic N) is 1. The van der Waals surface area contributed by atoms with Gasteiger partial charge in [0.25, 0.3) is 0 Å². The fourth-order valence-electron chi connectivity index (χ4n) is 3.30. The molecule has 0 unspecified atom stereocenters. The van der Waals surface area contributed by atoms with Crippen molar-refractivity contribution in [1.29, 1.82) is 0 Å². The Balaban J connectivity index is 1.43. The van der Waals surface area contributed by atoms with Gasteiger partial charge in [0.15, 0.2) is 0 Å². The third kappa shape index (κ3) is 4.67. The average molecular weight is 321 g/mol. The first-order chi connectivity index (χ1) is 11.2. The number of rotatable bonds is 4. The van der Waals surface area contributed by atoms with Crippen LogP contribution >= 0.6 is 0 Å². The number of piperidine rings is 1. The first-order valence-corrected chi connectivity index (χ1v) is 8.48. The summed E-state index contributed by atoms with van der Waals surface area (Å²) in [6.45, 7) is 2.97. The number of benzene rings is 1. The van der Waals surface area contributed by atoms with Gasteiger partial charge in [-0.1, -0.05) is 6.07 Å². The van der Waals surface area contributed by atoms with Gasteiger partial charge in [-0.25, -0.2) is 4.39 Å². The van der Waals surface area contributed by atoms with Crippen LogP contribution in [0.15, 0.2) is 24.3 Å². The number of hydrogen-bond acceptors (Lipinski definition) is 3. The van der Waals surface area contributed by atoms with Crippen molar-refractivity contribution in [3.63, 3.8) is 0 Å². The van der Waals surface area contributed by atoms with Crippen LogP contribution in [0, 0.1) is 11.7 Å². The monoisotopic (exact) mass is 321 g/mol. The summed E-state index contributed by atoms with van der Waals surface area (Å²) in [7, 11) is 0. The Morgan fingerprint density at radius 2 is 2.13 bits per heavy atom. The highest BCUT2D eigenvalue weighted by Gasteiger charge is 2.26. The summed E-state index contributed by atoms with van der Waals surface area (Å²) in [5.41, 5.74) is 0. The van der Waals surface area contributed by atoms with Gasteiger partial charge in [-0.3, -0.25) is 4.79 Å². The van der Waals surface area contributed by atoms with E-state index in [0.717, 1.165) is 32.3 Å². The number of ether oxygens (including phenoxy) is 2. The smallest absolute Gasteiger partial charge is 0.222 e. The number of amides is 1. The van der Waals surface area contributed by atoms with Crippen LogP contribution in [0.5, 0.6) is 5.75 Å². The second-order valence-electron chi connectivity index (χ2n) is 6.44. The molecular weight excluding hydrogens is 297 g/mol. The number of carbonyl (C=O) groups excluding carboxylic acids is 1. The summed E-state index contributed by atoms with van der Waals surface area (Å²) in [4.78, 5) is 14.3. The third-order valence-electron chi connectivity index (χ3n) is 4.61. The number of hydrogen-bond donors (Lipinski definition) is 0. The molecule has 1 aromatic rings. The molecule has 2 aliphatic rings. The quantitative estimate of drug-likeness (QED) is 0.856. The molecule has 2 heterocycles. The van der Waals surface area contributed by atoms with Crippen molar-refractivity contribution in [2.45, 2.75) is 38.2 Å². The van der Waals surface area contributed by atoms with Gasteiger partial charge in [0.05, 0.1) is 0 Å². The van der Waals surface area contributed by atoms with Crippen LogP contribution in [-0.4, -0.2) is 43.2 Å². The maximum absolute atomic E-state index is 13.2. The lowest BCUT2D eigenvalue weighted by atomic mass is 9.97. The molecule has 0 saturated carbocycles. The van der Waals surface area contributed by atoms with Crippen LogP contribution in [0.3, 0.4) is 0 Å². The van der Waals surface area contributed by atoms with Crippen LogP contribution in [-0.2, 0) is 9.53 Å². The second-order valence-corrected chi connectivity index (χ2v) is 6.44. The molecule has 126 valence electrons. The fourth-order valence-corrected chi connectivity index (χ4v) is 3.30. The largest absolute Gasteiger partial charge is 0.490 e. The Morgan fingerprint density at radius 3 is 2.83 bits per heavy atom. The van der Waals surface area contributed by atoms with E-state index in [1.165, 1.54) is 12.1 Å². The molecule has 0 radical (unpaired) electrons. The van der Waals surface area contributed by atoms with E-state index < -0.39 is 0 Å². The lowest BCUT2D eigenvalue weighted by Gasteiger charge is -2.33. The molecule has 4 nitrogen and oxygen atoms in total. The predicted molar refractivity (Wildman–Crippen MR) is 84.8 cm³/mol. The first-order valence-electron chi connectivity index (χ1n) is 8.48. The lowest BCUT2D eigenvalue weighted by molar-refractivity contribution is -0.135. The van der Waals surface area contributed by atoms with E-state index in [1.54, 1.807) is 12.1 Å². The summed E-state index contributed by atoms with van der Waals surface area (Å²) in [6.07, 6.45) is 4.38. The van der Waals surface area contributed by atoms with Gasteiger partial charge in [-0.05, 0) is 30.9 Å². The summed E-state index contributed by atoms with van der Waals surface area (Å²) in [6, 6.07) is 6.23. The molecular formula is C18H24FNO3. The van der Waals surface area contributed by atoms with Gasteiger partial charge < -0.3 is 14.4 Å². The molecule has 2 aliphatic heterocycles. The van der Waals surface area contributed by atoms with Crippen LogP contribution in [0.25, 0.3) is 0 Å². The fraction of sp³-hybridized carbons (Fsp3) is 0.611. The Bertz CT molecular complexity index is 523. The molecule has 0 aliphatic carbocycles. The summed E-state index contributed by atoms with van der Waals surface area (Å²) < 4.78 is 24.4. The Labute approximate surface area is 136 Å². The summed E-state index contributed by atoms with van der Waals surface area (Å²) in [5, 5.41) is 0. The zero-order chi connectivity index (χ0) is 16.1. The molecule has 1 aromatic carbocycles. The van der Waals surface area contributed by atoms with E-state index in [2.05, 4.69) is 0 Å². The van der Waals surface area contributed by atoms with Crippen LogP contribution in [0.1, 0.15) is 32.1 Å². The summed E-state index contributed by atoms with van der Waals surface area (Å²) >= 11 is 0. The normalized spacial score (nSPS) is 22.8. The minimum atomic E-state index is -0.287. The highest BCUT2D eigenvalue weighted by molar-refractivity contribution is 5.76. The predicted octanol–water partition coefficient (Wildman–Crippen LogP) is 3.01. The molecule has 5 heteroatoms. The topological polar surface area (TPSA) is 38.8 Å². The number of carbonyl (C=O) groups is 1. The van der Waals surface area contributed by atoms with Crippen molar-refractivity contribution in [1.82, 2.24) is 4.90 Å². The molecule has 1 atom stereocenters. The molecule has 2 saturated heterocycles. The van der Waals surface area contributed by atoms with E-state index in [9.17, 15) is 9.18 Å². The van der Waals surface area contributed by atoms with Crippen LogP contribution in [0.4, 0.5) is 4.39 Å². The van der Waals surface area contributed by atoms with Crippen molar-refractivity contribution in [2.24, 2.45) is 5.92 Å². The molecule has 0 aromatic heterocycles. The SMILES string of the molecule is O=C(C[C@H]1CCCOC1)N1CCC(Oc2cccc(F)c2)CC1. The maximum Gasteiger partial charge on any atom is 0.222 e. The van der Waals surface area contributed by atoms with Crippen molar-refractivity contribution in [3.8, 4) is 5.75 Å². The highest BCUT2D eigenvalue weighted by Crippen LogP contribution is 2.22.